The van der Waals surface area contributed by atoms with Gasteiger partial charge < -0.3 is 19.7 Å². The van der Waals surface area contributed by atoms with E-state index in [4.69, 9.17) is 16.3 Å². The zero-order chi connectivity index (χ0) is 30.1. The lowest BCUT2D eigenvalue weighted by molar-refractivity contribution is 0.0683. The van der Waals surface area contributed by atoms with Crippen LogP contribution in [0.25, 0.3) is 32.8 Å². The van der Waals surface area contributed by atoms with Crippen LogP contribution >= 0.6 is 11.6 Å². The summed E-state index contributed by atoms with van der Waals surface area (Å²) in [6.45, 7) is 9.54. The van der Waals surface area contributed by atoms with Gasteiger partial charge in [0.05, 0.1) is 22.8 Å². The molecule has 0 unspecified atom stereocenters. The van der Waals surface area contributed by atoms with Gasteiger partial charge in [-0.25, -0.2) is 4.79 Å². The van der Waals surface area contributed by atoms with Gasteiger partial charge in [0.15, 0.2) is 0 Å². The number of fused-ring (bicyclic) bond motifs is 2. The number of aromatic nitrogens is 3. The lowest BCUT2D eigenvalue weighted by Crippen LogP contribution is -2.44. The van der Waals surface area contributed by atoms with Gasteiger partial charge in [0.2, 0.25) is 0 Å². The van der Waals surface area contributed by atoms with Gasteiger partial charge in [-0.15, -0.1) is 0 Å². The molecule has 1 saturated heterocycles. The molecule has 3 heterocycles. The van der Waals surface area contributed by atoms with Crippen molar-refractivity contribution in [2.24, 2.45) is 7.05 Å². The average Bonchev–Trinajstić information content (AvgIpc) is 3.46. The Morgan fingerprint density at radius 1 is 1.00 bits per heavy atom. The van der Waals surface area contributed by atoms with Crippen molar-refractivity contribution in [1.82, 2.24) is 24.6 Å². The third-order valence-electron chi connectivity index (χ3n) is 8.67. The number of hydrogen-bond donors (Lipinski definition) is 2. The molecule has 0 bridgehead atoms. The van der Waals surface area contributed by atoms with Crippen molar-refractivity contribution in [2.45, 2.75) is 33.2 Å². The Labute approximate surface area is 256 Å². The van der Waals surface area contributed by atoms with E-state index in [1.807, 2.05) is 66.5 Å². The van der Waals surface area contributed by atoms with Crippen LogP contribution < -0.4 is 10.1 Å². The second-order valence-electron chi connectivity index (χ2n) is 11.3. The first-order chi connectivity index (χ1) is 20.8. The highest BCUT2D eigenvalue weighted by atomic mass is 35.5. The fourth-order valence-corrected chi connectivity index (χ4v) is 6.76. The highest BCUT2D eigenvalue weighted by Gasteiger charge is 2.28. The maximum Gasteiger partial charge on any atom is 0.352 e. The van der Waals surface area contributed by atoms with E-state index in [1.165, 1.54) is 0 Å². The fraction of sp³-hybridized carbons (Fsp3) is 0.353. The standard InChI is InChI=1S/C34H38ClN5O3/c1-22-30(23(2)38(3)37-22)31-28(35)14-13-27-26(11-7-21-43-29-12-6-9-24-8-4-5-10-25(24)29)33(34(41)42)40(32(27)31)20-19-39-17-15-36-16-18-39/h4-6,8-10,12-14,36H,7,11,15-21H2,1-3H3,(H,41,42). The summed E-state index contributed by atoms with van der Waals surface area (Å²) < 4.78 is 10.1. The average molecular weight is 600 g/mol. The molecule has 1 aliphatic heterocycles. The SMILES string of the molecule is Cc1nn(C)c(C)c1-c1c(Cl)ccc2c(CCCOc3cccc4ccccc34)c(C(=O)O)n(CCN3CCNCC3)c12. The first-order valence-electron chi connectivity index (χ1n) is 15.0. The Bertz CT molecular complexity index is 1800. The molecule has 0 atom stereocenters. The highest BCUT2D eigenvalue weighted by Crippen LogP contribution is 2.42. The molecule has 2 N–H and O–H groups in total. The van der Waals surface area contributed by atoms with Gasteiger partial charge in [0.1, 0.15) is 11.4 Å². The van der Waals surface area contributed by atoms with Gasteiger partial charge in [-0.2, -0.15) is 5.10 Å². The molecule has 8 nitrogen and oxygen atoms in total. The summed E-state index contributed by atoms with van der Waals surface area (Å²) in [5, 5.41) is 22.4. The molecule has 5 aromatic rings. The van der Waals surface area contributed by atoms with Gasteiger partial charge in [-0.1, -0.05) is 54.1 Å². The molecule has 1 fully saturated rings. The number of rotatable bonds is 10. The number of carbonyl (C=O) groups is 1. The highest BCUT2D eigenvalue weighted by molar-refractivity contribution is 6.35. The van der Waals surface area contributed by atoms with E-state index in [0.29, 0.717) is 36.7 Å². The molecule has 0 aliphatic carbocycles. The maximum atomic E-state index is 13.0. The summed E-state index contributed by atoms with van der Waals surface area (Å²) in [5.41, 5.74) is 5.68. The molecular weight excluding hydrogens is 562 g/mol. The van der Waals surface area contributed by atoms with Crippen molar-refractivity contribution >= 4 is 39.2 Å². The normalized spacial score (nSPS) is 14.1. The number of nitrogens with one attached hydrogen (secondary N) is 1. The van der Waals surface area contributed by atoms with E-state index in [9.17, 15) is 9.90 Å². The second-order valence-corrected chi connectivity index (χ2v) is 11.7. The quantitative estimate of drug-likeness (QED) is 0.189. The molecule has 0 saturated carbocycles. The lowest BCUT2D eigenvalue weighted by atomic mass is 9.98. The van der Waals surface area contributed by atoms with Crippen LogP contribution in [0.2, 0.25) is 5.02 Å². The van der Waals surface area contributed by atoms with E-state index in [1.54, 1.807) is 0 Å². The Kier molecular flexibility index (Phi) is 8.43. The van der Waals surface area contributed by atoms with Gasteiger partial charge in [0, 0.05) is 73.9 Å². The summed E-state index contributed by atoms with van der Waals surface area (Å²) in [5.74, 6) is -0.0882. The second kappa shape index (κ2) is 12.4. The van der Waals surface area contributed by atoms with Crippen molar-refractivity contribution in [3.63, 3.8) is 0 Å². The van der Waals surface area contributed by atoms with E-state index in [2.05, 4.69) is 33.5 Å². The first-order valence-corrected chi connectivity index (χ1v) is 15.3. The molecule has 9 heteroatoms. The van der Waals surface area contributed by atoms with Crippen molar-refractivity contribution in [3.8, 4) is 16.9 Å². The third kappa shape index (κ3) is 5.62. The van der Waals surface area contributed by atoms with E-state index in [-0.39, 0.29) is 0 Å². The minimum atomic E-state index is -0.928. The zero-order valence-corrected chi connectivity index (χ0v) is 25.7. The number of aryl methyl sites for hydroxylation is 3. The van der Waals surface area contributed by atoms with Crippen molar-refractivity contribution in [2.75, 3.05) is 39.3 Å². The Hall–Kier alpha value is -3.85. The summed E-state index contributed by atoms with van der Waals surface area (Å²) in [6, 6.07) is 18.1. The summed E-state index contributed by atoms with van der Waals surface area (Å²) in [4.78, 5) is 15.4. The largest absolute Gasteiger partial charge is 0.493 e. The molecule has 0 radical (unpaired) electrons. The number of hydrogen-bond acceptors (Lipinski definition) is 5. The van der Waals surface area contributed by atoms with Crippen LogP contribution in [0, 0.1) is 13.8 Å². The van der Waals surface area contributed by atoms with E-state index < -0.39 is 5.97 Å². The summed E-state index contributed by atoms with van der Waals surface area (Å²) in [7, 11) is 1.92. The maximum absolute atomic E-state index is 13.0. The van der Waals surface area contributed by atoms with Gasteiger partial charge >= 0.3 is 5.97 Å². The van der Waals surface area contributed by atoms with E-state index in [0.717, 1.165) is 88.2 Å². The summed E-state index contributed by atoms with van der Waals surface area (Å²) in [6.07, 6.45) is 1.24. The molecule has 0 spiro atoms. The Morgan fingerprint density at radius 3 is 2.51 bits per heavy atom. The van der Waals surface area contributed by atoms with Crippen molar-refractivity contribution in [1.29, 1.82) is 0 Å². The molecule has 6 rings (SSSR count). The molecule has 1 aliphatic rings. The molecule has 2 aromatic heterocycles. The number of ether oxygens (including phenoxy) is 1. The van der Waals surface area contributed by atoms with Crippen LogP contribution in [0.15, 0.2) is 54.6 Å². The monoisotopic (exact) mass is 599 g/mol. The predicted octanol–water partition coefficient (Wildman–Crippen LogP) is 6.08. The Balaban J connectivity index is 1.40. The van der Waals surface area contributed by atoms with Crippen LogP contribution in [0.5, 0.6) is 5.75 Å². The first kappa shape index (κ1) is 29.2. The van der Waals surface area contributed by atoms with Crippen LogP contribution in [0.1, 0.15) is 33.9 Å². The number of aromatic carboxylic acids is 1. The summed E-state index contributed by atoms with van der Waals surface area (Å²) >= 11 is 6.96. The number of carboxylic acids is 1. The van der Waals surface area contributed by atoms with Crippen LogP contribution in [-0.4, -0.2) is 69.7 Å². The zero-order valence-electron chi connectivity index (χ0n) is 25.0. The predicted molar refractivity (Wildman–Crippen MR) is 173 cm³/mol. The number of nitrogens with zero attached hydrogens (tertiary/aromatic N) is 4. The number of carboxylic acid groups (broad SMARTS) is 1. The van der Waals surface area contributed by atoms with Gasteiger partial charge in [-0.3, -0.25) is 9.58 Å². The minimum absolute atomic E-state index is 0.331. The van der Waals surface area contributed by atoms with Crippen LogP contribution in [0.3, 0.4) is 0 Å². The number of benzene rings is 3. The van der Waals surface area contributed by atoms with Crippen molar-refractivity contribution in [3.05, 3.63) is 82.3 Å². The minimum Gasteiger partial charge on any atom is -0.493 e. The third-order valence-corrected chi connectivity index (χ3v) is 8.98. The molecule has 43 heavy (non-hydrogen) atoms. The van der Waals surface area contributed by atoms with E-state index >= 15 is 0 Å². The van der Waals surface area contributed by atoms with Crippen molar-refractivity contribution < 1.29 is 14.6 Å². The topological polar surface area (TPSA) is 84.5 Å². The van der Waals surface area contributed by atoms with Crippen LogP contribution in [0.4, 0.5) is 0 Å². The molecule has 3 aromatic carbocycles. The number of piperazine rings is 1. The van der Waals surface area contributed by atoms with Gasteiger partial charge in [-0.05, 0) is 49.8 Å². The smallest absolute Gasteiger partial charge is 0.352 e. The molecule has 0 amide bonds. The molecular formula is C34H38ClN5O3. The Morgan fingerprint density at radius 2 is 1.77 bits per heavy atom. The fourth-order valence-electron chi connectivity index (χ4n) is 6.52. The lowest BCUT2D eigenvalue weighted by Gasteiger charge is -2.27. The number of halogens is 1. The van der Waals surface area contributed by atoms with Crippen LogP contribution in [-0.2, 0) is 20.0 Å². The molecule has 224 valence electrons. The van der Waals surface area contributed by atoms with Gasteiger partial charge in [0.25, 0.3) is 0 Å².